The van der Waals surface area contributed by atoms with Gasteiger partial charge in [-0.05, 0) is 43.7 Å². The Balaban J connectivity index is 2.52. The summed E-state index contributed by atoms with van der Waals surface area (Å²) in [6, 6.07) is 18.1. The number of nitrogens with two attached hydrogens (primary N) is 1. The molecule has 0 atom stereocenters. The normalized spacial score (nSPS) is 11.9. The lowest BCUT2D eigenvalue weighted by Crippen LogP contribution is -2.04. The molecule has 0 aliphatic heterocycles. The molecule has 1 aromatic heterocycles. The monoisotopic (exact) mass is 317 g/mol. The zero-order chi connectivity index (χ0) is 17.3. The molecule has 4 heteroatoms. The summed E-state index contributed by atoms with van der Waals surface area (Å²) in [5.74, 6) is 0.749. The summed E-state index contributed by atoms with van der Waals surface area (Å²) in [4.78, 5) is 0. The predicted molar refractivity (Wildman–Crippen MR) is 97.0 cm³/mol. The first-order chi connectivity index (χ1) is 11.6. The van der Waals surface area contributed by atoms with E-state index < -0.39 is 0 Å². The van der Waals surface area contributed by atoms with Crippen molar-refractivity contribution in [2.45, 2.75) is 13.8 Å². The van der Waals surface area contributed by atoms with Crippen LogP contribution >= 0.6 is 0 Å². The number of para-hydroxylation sites is 1. The van der Waals surface area contributed by atoms with E-state index in [1.54, 1.807) is 7.11 Å². The molecule has 4 nitrogen and oxygen atoms in total. The quantitative estimate of drug-likeness (QED) is 0.786. The van der Waals surface area contributed by atoms with Crippen LogP contribution in [0.3, 0.4) is 0 Å². The Labute approximate surface area is 141 Å². The Morgan fingerprint density at radius 1 is 1.12 bits per heavy atom. The van der Waals surface area contributed by atoms with Gasteiger partial charge in [-0.1, -0.05) is 18.2 Å². The zero-order valence-corrected chi connectivity index (χ0v) is 14.0. The van der Waals surface area contributed by atoms with Gasteiger partial charge < -0.3 is 15.0 Å². The van der Waals surface area contributed by atoms with Crippen LogP contribution in [0.4, 0.5) is 0 Å². The van der Waals surface area contributed by atoms with Crippen LogP contribution < -0.4 is 10.5 Å². The highest BCUT2D eigenvalue weighted by Crippen LogP contribution is 2.35. The number of nitrogens with zero attached hydrogens (tertiary/aromatic N) is 2. The SMILES string of the molecule is COc1ccc2c(C#N)c(C(C)=C(C)N)n(-c3ccccc3)c2c1. The molecule has 2 N–H and O–H groups in total. The lowest BCUT2D eigenvalue weighted by molar-refractivity contribution is 0.415. The molecule has 0 fully saturated rings. The summed E-state index contributed by atoms with van der Waals surface area (Å²) >= 11 is 0. The Morgan fingerprint density at radius 2 is 1.83 bits per heavy atom. The van der Waals surface area contributed by atoms with Gasteiger partial charge in [-0.2, -0.15) is 5.26 Å². The average Bonchev–Trinajstić information content (AvgIpc) is 2.94. The lowest BCUT2D eigenvalue weighted by Gasteiger charge is -2.13. The number of fused-ring (bicyclic) bond motifs is 1. The van der Waals surface area contributed by atoms with E-state index in [-0.39, 0.29) is 0 Å². The van der Waals surface area contributed by atoms with Crippen molar-refractivity contribution in [2.24, 2.45) is 5.73 Å². The third-order valence-corrected chi connectivity index (χ3v) is 4.25. The van der Waals surface area contributed by atoms with Gasteiger partial charge in [0.05, 0.1) is 23.9 Å². The molecule has 3 aromatic rings. The van der Waals surface area contributed by atoms with Crippen molar-refractivity contribution in [3.05, 3.63) is 65.5 Å². The second-order valence-corrected chi connectivity index (χ2v) is 5.70. The van der Waals surface area contributed by atoms with E-state index in [9.17, 15) is 5.26 Å². The van der Waals surface area contributed by atoms with E-state index >= 15 is 0 Å². The van der Waals surface area contributed by atoms with Gasteiger partial charge in [0.15, 0.2) is 0 Å². The van der Waals surface area contributed by atoms with Crippen molar-refractivity contribution in [3.63, 3.8) is 0 Å². The molecule has 0 aliphatic rings. The Bertz CT molecular complexity index is 972. The van der Waals surface area contributed by atoms with Crippen molar-refractivity contribution in [1.82, 2.24) is 4.57 Å². The Morgan fingerprint density at radius 3 is 2.42 bits per heavy atom. The van der Waals surface area contributed by atoms with Crippen LogP contribution in [0, 0.1) is 11.3 Å². The van der Waals surface area contributed by atoms with Gasteiger partial charge in [-0.25, -0.2) is 0 Å². The Kier molecular flexibility index (Phi) is 4.01. The van der Waals surface area contributed by atoms with Gasteiger partial charge in [0.25, 0.3) is 0 Å². The van der Waals surface area contributed by atoms with E-state index in [0.717, 1.165) is 33.6 Å². The maximum Gasteiger partial charge on any atom is 0.120 e. The summed E-state index contributed by atoms with van der Waals surface area (Å²) < 4.78 is 7.44. The topological polar surface area (TPSA) is 64.0 Å². The minimum atomic E-state index is 0.624. The van der Waals surface area contributed by atoms with Gasteiger partial charge in [0.2, 0.25) is 0 Å². The zero-order valence-electron chi connectivity index (χ0n) is 14.0. The van der Waals surface area contributed by atoms with Gasteiger partial charge >= 0.3 is 0 Å². The van der Waals surface area contributed by atoms with Gasteiger partial charge in [-0.15, -0.1) is 0 Å². The summed E-state index contributed by atoms with van der Waals surface area (Å²) in [6.45, 7) is 3.80. The largest absolute Gasteiger partial charge is 0.497 e. The molecule has 0 spiro atoms. The lowest BCUT2D eigenvalue weighted by atomic mass is 10.1. The number of nitriles is 1. The maximum absolute atomic E-state index is 9.78. The molecular formula is C20H19N3O. The van der Waals surface area contributed by atoms with E-state index in [2.05, 4.69) is 10.6 Å². The van der Waals surface area contributed by atoms with E-state index in [1.165, 1.54) is 0 Å². The van der Waals surface area contributed by atoms with Gasteiger partial charge in [-0.3, -0.25) is 0 Å². The van der Waals surface area contributed by atoms with Crippen molar-refractivity contribution >= 4 is 16.5 Å². The van der Waals surface area contributed by atoms with Crippen molar-refractivity contribution in [3.8, 4) is 17.5 Å². The summed E-state index contributed by atoms with van der Waals surface area (Å²) in [5.41, 5.74) is 11.0. The molecule has 24 heavy (non-hydrogen) atoms. The van der Waals surface area contributed by atoms with E-state index in [1.807, 2.05) is 62.4 Å². The second kappa shape index (κ2) is 6.13. The number of allylic oxidation sites excluding steroid dienone is 2. The van der Waals surface area contributed by atoms with Crippen LogP contribution in [0.15, 0.2) is 54.2 Å². The van der Waals surface area contributed by atoms with Gasteiger partial charge in [0, 0.05) is 22.8 Å². The fourth-order valence-electron chi connectivity index (χ4n) is 2.90. The number of hydrogen-bond acceptors (Lipinski definition) is 3. The third kappa shape index (κ3) is 2.40. The first-order valence-corrected chi connectivity index (χ1v) is 7.69. The molecule has 0 saturated heterocycles. The minimum absolute atomic E-state index is 0.624. The number of methoxy groups -OCH3 is 1. The predicted octanol–water partition coefficient (Wildman–Crippen LogP) is 4.22. The molecule has 0 radical (unpaired) electrons. The third-order valence-electron chi connectivity index (χ3n) is 4.25. The van der Waals surface area contributed by atoms with Crippen LogP contribution in [0.25, 0.3) is 22.2 Å². The maximum atomic E-state index is 9.78. The highest BCUT2D eigenvalue weighted by molar-refractivity contribution is 5.95. The average molecular weight is 317 g/mol. The number of ether oxygens (including phenoxy) is 1. The van der Waals surface area contributed by atoms with E-state index in [4.69, 9.17) is 10.5 Å². The minimum Gasteiger partial charge on any atom is -0.497 e. The number of rotatable bonds is 3. The van der Waals surface area contributed by atoms with Crippen LogP contribution in [-0.4, -0.2) is 11.7 Å². The number of hydrogen-bond donors (Lipinski definition) is 1. The molecule has 0 aliphatic carbocycles. The second-order valence-electron chi connectivity index (χ2n) is 5.70. The van der Waals surface area contributed by atoms with Crippen molar-refractivity contribution in [2.75, 3.05) is 7.11 Å². The van der Waals surface area contributed by atoms with Crippen LogP contribution in [-0.2, 0) is 0 Å². The highest BCUT2D eigenvalue weighted by Gasteiger charge is 2.20. The smallest absolute Gasteiger partial charge is 0.120 e. The summed E-state index contributed by atoms with van der Waals surface area (Å²) in [7, 11) is 1.64. The Hall–Kier alpha value is -3.19. The summed E-state index contributed by atoms with van der Waals surface area (Å²) in [5, 5.41) is 10.7. The first kappa shape index (κ1) is 15.7. The molecule has 1 heterocycles. The molecule has 0 saturated carbocycles. The van der Waals surface area contributed by atoms with E-state index in [0.29, 0.717) is 11.3 Å². The number of aromatic nitrogens is 1. The molecule has 0 amide bonds. The van der Waals surface area contributed by atoms with Crippen LogP contribution in [0.1, 0.15) is 25.1 Å². The van der Waals surface area contributed by atoms with Crippen molar-refractivity contribution in [1.29, 1.82) is 5.26 Å². The molecule has 120 valence electrons. The van der Waals surface area contributed by atoms with Gasteiger partial charge in [0.1, 0.15) is 11.8 Å². The molecule has 3 rings (SSSR count). The van der Waals surface area contributed by atoms with Crippen LogP contribution in [0.5, 0.6) is 5.75 Å². The van der Waals surface area contributed by atoms with Crippen molar-refractivity contribution < 1.29 is 4.74 Å². The first-order valence-electron chi connectivity index (χ1n) is 7.69. The standard InChI is InChI=1S/C20H19N3O/c1-13(14(2)22)20-18(12-21)17-10-9-16(24-3)11-19(17)23(20)15-7-5-4-6-8-15/h4-11H,22H2,1-3H3. The highest BCUT2D eigenvalue weighted by atomic mass is 16.5. The summed E-state index contributed by atoms with van der Waals surface area (Å²) in [6.07, 6.45) is 0. The number of benzene rings is 2. The molecule has 0 bridgehead atoms. The molecule has 2 aromatic carbocycles. The molecular weight excluding hydrogens is 298 g/mol. The van der Waals surface area contributed by atoms with Crippen LogP contribution in [0.2, 0.25) is 0 Å². The fourth-order valence-corrected chi connectivity index (χ4v) is 2.90. The fraction of sp³-hybridized carbons (Fsp3) is 0.150. The molecule has 0 unspecified atom stereocenters.